The van der Waals surface area contributed by atoms with Crippen molar-refractivity contribution in [1.29, 1.82) is 0 Å². The molecule has 8 heteroatoms. The first kappa shape index (κ1) is 17.3. The quantitative estimate of drug-likeness (QED) is 0.326. The molecule has 1 rings (SSSR count). The Bertz CT molecular complexity index is 338. The molecule has 8 nitrogen and oxygen atoms in total. The number of aliphatic carboxylic acids is 1. The average molecular weight is 293 g/mol. The van der Waals surface area contributed by atoms with Gasteiger partial charge in [0.25, 0.3) is 0 Å². The Balaban J connectivity index is 2.64. The van der Waals surface area contributed by atoms with Crippen molar-refractivity contribution in [3.05, 3.63) is 0 Å². The van der Waals surface area contributed by atoms with Crippen molar-refractivity contribution in [2.24, 2.45) is 5.92 Å². The molecule has 1 heterocycles. The third kappa shape index (κ3) is 4.11. The van der Waals surface area contributed by atoms with Crippen LogP contribution in [0.2, 0.25) is 0 Å². The van der Waals surface area contributed by atoms with E-state index < -0.39 is 36.1 Å². The molecule has 6 N–H and O–H groups in total. The maximum Gasteiger partial charge on any atom is 0.320 e. The summed E-state index contributed by atoms with van der Waals surface area (Å²) in [6, 6.07) is -0.904. The molecule has 1 saturated heterocycles. The zero-order valence-electron chi connectivity index (χ0n) is 11.6. The van der Waals surface area contributed by atoms with Gasteiger partial charge in [0.1, 0.15) is 24.4 Å². The van der Waals surface area contributed by atoms with Crippen LogP contribution in [0, 0.1) is 5.92 Å². The van der Waals surface area contributed by atoms with Gasteiger partial charge in [-0.1, -0.05) is 13.8 Å². The van der Waals surface area contributed by atoms with Gasteiger partial charge < -0.3 is 30.3 Å². The molecule has 0 aromatic carbocycles. The second kappa shape index (κ2) is 6.79. The largest absolute Gasteiger partial charge is 0.480 e. The SMILES string of the molecule is CC(C)C[C@H](NC[C@@]1(O)OC[C@@H](O)[C@@H](O)[C@@H]1O)C(=O)O. The first-order valence-corrected chi connectivity index (χ1v) is 6.54. The van der Waals surface area contributed by atoms with Gasteiger partial charge >= 0.3 is 5.97 Å². The van der Waals surface area contributed by atoms with Gasteiger partial charge in [0.15, 0.2) is 0 Å². The number of rotatable bonds is 6. The summed E-state index contributed by atoms with van der Waals surface area (Å²) < 4.78 is 4.94. The number of carboxylic acid groups (broad SMARTS) is 1. The Morgan fingerprint density at radius 1 is 1.40 bits per heavy atom. The predicted molar refractivity (Wildman–Crippen MR) is 67.8 cm³/mol. The minimum absolute atomic E-state index is 0.128. The van der Waals surface area contributed by atoms with Crippen molar-refractivity contribution in [3.8, 4) is 0 Å². The summed E-state index contributed by atoms with van der Waals surface area (Å²) in [6.07, 6.45) is -4.24. The van der Waals surface area contributed by atoms with Gasteiger partial charge in [0.2, 0.25) is 5.79 Å². The number of nitrogens with one attached hydrogen (secondary N) is 1. The maximum atomic E-state index is 11.1. The zero-order chi connectivity index (χ0) is 15.5. The van der Waals surface area contributed by atoms with Crippen LogP contribution in [0.5, 0.6) is 0 Å². The minimum Gasteiger partial charge on any atom is -0.480 e. The van der Waals surface area contributed by atoms with E-state index in [0.717, 1.165) is 0 Å². The van der Waals surface area contributed by atoms with E-state index in [1.54, 1.807) is 0 Å². The van der Waals surface area contributed by atoms with E-state index in [-0.39, 0.29) is 19.1 Å². The third-order valence-corrected chi connectivity index (χ3v) is 3.29. The molecule has 0 radical (unpaired) electrons. The Hall–Kier alpha value is -0.770. The van der Waals surface area contributed by atoms with Gasteiger partial charge in [-0.25, -0.2) is 0 Å². The molecular formula is C12H23NO7. The fraction of sp³-hybridized carbons (Fsp3) is 0.917. The van der Waals surface area contributed by atoms with Crippen LogP contribution in [-0.4, -0.2) is 74.8 Å². The lowest BCUT2D eigenvalue weighted by Crippen LogP contribution is -2.65. The van der Waals surface area contributed by atoms with Crippen molar-refractivity contribution in [1.82, 2.24) is 5.32 Å². The second-order valence-electron chi connectivity index (χ2n) is 5.56. The Morgan fingerprint density at radius 2 is 2.00 bits per heavy atom. The summed E-state index contributed by atoms with van der Waals surface area (Å²) >= 11 is 0. The van der Waals surface area contributed by atoms with Gasteiger partial charge in [0.05, 0.1) is 13.2 Å². The lowest BCUT2D eigenvalue weighted by Gasteiger charge is -2.42. The molecule has 0 bridgehead atoms. The summed E-state index contributed by atoms with van der Waals surface area (Å²) in [5.41, 5.74) is 0. The van der Waals surface area contributed by atoms with Crippen molar-refractivity contribution in [2.45, 2.75) is 50.4 Å². The van der Waals surface area contributed by atoms with Crippen molar-refractivity contribution < 1.29 is 35.1 Å². The monoisotopic (exact) mass is 293 g/mol. The molecule has 0 amide bonds. The fourth-order valence-electron chi connectivity index (χ4n) is 2.06. The van der Waals surface area contributed by atoms with Crippen LogP contribution in [0.25, 0.3) is 0 Å². The number of aliphatic hydroxyl groups is 4. The van der Waals surface area contributed by atoms with Crippen molar-refractivity contribution >= 4 is 5.97 Å². The van der Waals surface area contributed by atoms with Gasteiger partial charge in [-0.2, -0.15) is 0 Å². The van der Waals surface area contributed by atoms with E-state index in [4.69, 9.17) is 9.84 Å². The number of aliphatic hydroxyl groups excluding tert-OH is 3. The summed E-state index contributed by atoms with van der Waals surface area (Å²) in [4.78, 5) is 11.1. The van der Waals surface area contributed by atoms with Crippen LogP contribution in [0.4, 0.5) is 0 Å². The highest BCUT2D eigenvalue weighted by Gasteiger charge is 2.48. The number of carbonyl (C=O) groups is 1. The van der Waals surface area contributed by atoms with Crippen LogP contribution < -0.4 is 5.32 Å². The molecule has 5 atom stereocenters. The summed E-state index contributed by atoms with van der Waals surface area (Å²) in [6.45, 7) is 3.00. The molecule has 0 spiro atoms. The average Bonchev–Trinajstić information content (AvgIpc) is 2.36. The molecule has 0 saturated carbocycles. The Morgan fingerprint density at radius 3 is 2.50 bits per heavy atom. The molecule has 1 fully saturated rings. The predicted octanol–water partition coefficient (Wildman–Crippen LogP) is -2.12. The second-order valence-corrected chi connectivity index (χ2v) is 5.56. The van der Waals surface area contributed by atoms with E-state index >= 15 is 0 Å². The molecular weight excluding hydrogens is 270 g/mol. The highest BCUT2D eigenvalue weighted by molar-refractivity contribution is 5.73. The van der Waals surface area contributed by atoms with Crippen LogP contribution in [-0.2, 0) is 9.53 Å². The third-order valence-electron chi connectivity index (χ3n) is 3.29. The Labute approximate surface area is 117 Å². The number of ether oxygens (including phenoxy) is 1. The summed E-state index contributed by atoms with van der Waals surface area (Å²) in [5, 5.41) is 50.3. The molecule has 0 unspecified atom stereocenters. The molecule has 0 aliphatic carbocycles. The van der Waals surface area contributed by atoms with Crippen LogP contribution in [0.3, 0.4) is 0 Å². The molecule has 1 aliphatic heterocycles. The van der Waals surface area contributed by atoms with Crippen LogP contribution in [0.15, 0.2) is 0 Å². The molecule has 118 valence electrons. The lowest BCUT2D eigenvalue weighted by atomic mass is 9.96. The van der Waals surface area contributed by atoms with E-state index in [0.29, 0.717) is 6.42 Å². The lowest BCUT2D eigenvalue weighted by molar-refractivity contribution is -0.318. The molecule has 20 heavy (non-hydrogen) atoms. The smallest absolute Gasteiger partial charge is 0.320 e. The fourth-order valence-corrected chi connectivity index (χ4v) is 2.06. The molecule has 0 aromatic rings. The van der Waals surface area contributed by atoms with Crippen molar-refractivity contribution in [2.75, 3.05) is 13.2 Å². The highest BCUT2D eigenvalue weighted by Crippen LogP contribution is 2.23. The van der Waals surface area contributed by atoms with Gasteiger partial charge in [-0.05, 0) is 12.3 Å². The van der Waals surface area contributed by atoms with Gasteiger partial charge in [-0.15, -0.1) is 0 Å². The van der Waals surface area contributed by atoms with E-state index in [1.165, 1.54) is 0 Å². The molecule has 1 aliphatic rings. The maximum absolute atomic E-state index is 11.1. The number of hydrogen-bond donors (Lipinski definition) is 6. The Kier molecular flexibility index (Phi) is 5.87. The first-order valence-electron chi connectivity index (χ1n) is 6.54. The zero-order valence-corrected chi connectivity index (χ0v) is 11.6. The normalized spacial score (nSPS) is 36.0. The van der Waals surface area contributed by atoms with Crippen molar-refractivity contribution in [3.63, 3.8) is 0 Å². The van der Waals surface area contributed by atoms with E-state index in [1.807, 2.05) is 13.8 Å². The summed E-state index contributed by atoms with van der Waals surface area (Å²) in [5.74, 6) is -3.08. The summed E-state index contributed by atoms with van der Waals surface area (Å²) in [7, 11) is 0. The topological polar surface area (TPSA) is 139 Å². The molecule has 0 aromatic heterocycles. The number of hydrogen-bond acceptors (Lipinski definition) is 7. The van der Waals surface area contributed by atoms with E-state index in [9.17, 15) is 25.2 Å². The number of carboxylic acids is 1. The van der Waals surface area contributed by atoms with Gasteiger partial charge in [-0.3, -0.25) is 10.1 Å². The van der Waals surface area contributed by atoms with Crippen LogP contribution >= 0.6 is 0 Å². The minimum atomic E-state index is -2.14. The van der Waals surface area contributed by atoms with Gasteiger partial charge in [0, 0.05) is 0 Å². The van der Waals surface area contributed by atoms with Crippen LogP contribution in [0.1, 0.15) is 20.3 Å². The van der Waals surface area contributed by atoms with E-state index in [2.05, 4.69) is 5.32 Å². The first-order chi connectivity index (χ1) is 9.17. The standard InChI is InChI=1S/C12H23NO7/c1-6(2)3-7(11(17)18)13-5-12(19)10(16)9(15)8(14)4-20-12/h6-10,13-16,19H,3-5H2,1-2H3,(H,17,18)/t7-,8+,9+,10-,12+/m0/s1. The highest BCUT2D eigenvalue weighted by atomic mass is 16.6.